The van der Waals surface area contributed by atoms with E-state index >= 15 is 0 Å². The van der Waals surface area contributed by atoms with Crippen molar-refractivity contribution in [1.82, 2.24) is 5.32 Å². The van der Waals surface area contributed by atoms with Gasteiger partial charge in [0.1, 0.15) is 16.4 Å². The lowest BCUT2D eigenvalue weighted by molar-refractivity contribution is 0.466. The van der Waals surface area contributed by atoms with Crippen LogP contribution in [0.15, 0.2) is 33.6 Å². The van der Waals surface area contributed by atoms with Gasteiger partial charge in [0.2, 0.25) is 0 Å². The summed E-state index contributed by atoms with van der Waals surface area (Å²) < 4.78 is 32.6. The quantitative estimate of drug-likeness (QED) is 0.868. The van der Waals surface area contributed by atoms with Crippen molar-refractivity contribution in [3.05, 3.63) is 45.8 Å². The summed E-state index contributed by atoms with van der Waals surface area (Å²) in [7, 11) is -2.02. The van der Waals surface area contributed by atoms with Crippen LogP contribution >= 0.6 is 23.2 Å². The van der Waals surface area contributed by atoms with E-state index in [1.165, 1.54) is 24.3 Å². The molecule has 8 heteroatoms. The number of anilines is 1. The molecule has 1 aromatic heterocycles. The van der Waals surface area contributed by atoms with E-state index < -0.39 is 10.0 Å². The second kappa shape index (κ2) is 6.27. The third-order valence-electron chi connectivity index (χ3n) is 2.68. The SMILES string of the molecule is CNCc1cc(S(=O)(=O)Nc2cc(Cl)cc(Cl)c2)c(C)o1. The lowest BCUT2D eigenvalue weighted by Gasteiger charge is -2.07. The third kappa shape index (κ3) is 3.91. The number of furan rings is 1. The first-order valence-corrected chi connectivity index (χ1v) is 8.28. The van der Waals surface area contributed by atoms with Gasteiger partial charge in [0, 0.05) is 16.1 Å². The highest BCUT2D eigenvalue weighted by Crippen LogP contribution is 2.26. The van der Waals surface area contributed by atoms with E-state index in [4.69, 9.17) is 27.6 Å². The summed E-state index contributed by atoms with van der Waals surface area (Å²) in [6, 6.07) is 5.97. The van der Waals surface area contributed by atoms with Crippen molar-refractivity contribution in [3.8, 4) is 0 Å². The minimum absolute atomic E-state index is 0.0869. The van der Waals surface area contributed by atoms with Crippen LogP contribution in [0.1, 0.15) is 11.5 Å². The van der Waals surface area contributed by atoms with Crippen LogP contribution in [-0.4, -0.2) is 15.5 Å². The molecule has 0 aliphatic carbocycles. The summed E-state index contributed by atoms with van der Waals surface area (Å²) in [5, 5.41) is 3.59. The first kappa shape index (κ1) is 16.2. The Morgan fingerprint density at radius 3 is 2.33 bits per heavy atom. The summed E-state index contributed by atoms with van der Waals surface area (Å²) in [6.07, 6.45) is 0. The normalized spacial score (nSPS) is 11.6. The van der Waals surface area contributed by atoms with E-state index in [9.17, 15) is 8.42 Å². The molecule has 0 bridgehead atoms. The fourth-order valence-electron chi connectivity index (χ4n) is 1.88. The van der Waals surface area contributed by atoms with Gasteiger partial charge in [-0.25, -0.2) is 8.42 Å². The van der Waals surface area contributed by atoms with Gasteiger partial charge in [-0.2, -0.15) is 0 Å². The zero-order valence-corrected chi connectivity index (χ0v) is 13.7. The van der Waals surface area contributed by atoms with Gasteiger partial charge in [-0.1, -0.05) is 23.2 Å². The second-order valence-corrected chi connectivity index (χ2v) is 6.95. The van der Waals surface area contributed by atoms with Crippen LogP contribution in [0.25, 0.3) is 0 Å². The van der Waals surface area contributed by atoms with Gasteiger partial charge in [-0.15, -0.1) is 0 Å². The molecule has 1 heterocycles. The van der Waals surface area contributed by atoms with E-state index in [-0.39, 0.29) is 4.90 Å². The van der Waals surface area contributed by atoms with Crippen LogP contribution in [0.4, 0.5) is 5.69 Å². The summed E-state index contributed by atoms with van der Waals surface area (Å²) >= 11 is 11.7. The fraction of sp³-hybridized carbons (Fsp3) is 0.231. The highest BCUT2D eigenvalue weighted by molar-refractivity contribution is 7.92. The number of hydrogen-bond acceptors (Lipinski definition) is 4. The Balaban J connectivity index is 2.33. The molecule has 0 fully saturated rings. The standard InChI is InChI=1S/C13H14Cl2N2O3S/c1-8-13(6-12(20-8)7-16-2)21(18,19)17-11-4-9(14)3-10(15)5-11/h3-6,16-17H,7H2,1-2H3. The average molecular weight is 349 g/mol. The molecule has 1 aromatic carbocycles. The highest BCUT2D eigenvalue weighted by Gasteiger charge is 2.21. The first-order valence-electron chi connectivity index (χ1n) is 6.04. The molecule has 5 nitrogen and oxygen atoms in total. The average Bonchev–Trinajstić information content (AvgIpc) is 2.69. The molecule has 0 radical (unpaired) electrons. The predicted octanol–water partition coefficient (Wildman–Crippen LogP) is 3.42. The van der Waals surface area contributed by atoms with E-state index in [1.807, 2.05) is 0 Å². The number of rotatable bonds is 5. The van der Waals surface area contributed by atoms with Gasteiger partial charge in [0.25, 0.3) is 10.0 Å². The number of aryl methyl sites for hydroxylation is 1. The molecule has 2 N–H and O–H groups in total. The highest BCUT2D eigenvalue weighted by atomic mass is 35.5. The molecule has 2 rings (SSSR count). The smallest absolute Gasteiger partial charge is 0.265 e. The molecule has 0 unspecified atom stereocenters. The zero-order chi connectivity index (χ0) is 15.6. The Bertz CT molecular complexity index is 737. The number of sulfonamides is 1. The second-order valence-electron chi connectivity index (χ2n) is 4.43. The molecule has 0 aliphatic heterocycles. The van der Waals surface area contributed by atoms with Crippen molar-refractivity contribution in [3.63, 3.8) is 0 Å². The van der Waals surface area contributed by atoms with Crippen molar-refractivity contribution in [2.24, 2.45) is 0 Å². The van der Waals surface area contributed by atoms with Gasteiger partial charge in [-0.3, -0.25) is 4.72 Å². The zero-order valence-electron chi connectivity index (χ0n) is 11.4. The van der Waals surface area contributed by atoms with Crippen LogP contribution < -0.4 is 10.0 Å². The van der Waals surface area contributed by atoms with Gasteiger partial charge in [0.15, 0.2) is 0 Å². The van der Waals surface area contributed by atoms with Crippen LogP contribution in [-0.2, 0) is 16.6 Å². The Morgan fingerprint density at radius 1 is 1.14 bits per heavy atom. The molecule has 0 amide bonds. The van der Waals surface area contributed by atoms with Crippen molar-refractivity contribution < 1.29 is 12.8 Å². The van der Waals surface area contributed by atoms with E-state index in [0.29, 0.717) is 33.8 Å². The van der Waals surface area contributed by atoms with Gasteiger partial charge in [-0.05, 0) is 32.2 Å². The maximum atomic E-state index is 12.4. The largest absolute Gasteiger partial charge is 0.464 e. The van der Waals surface area contributed by atoms with Crippen LogP contribution in [0.5, 0.6) is 0 Å². The Morgan fingerprint density at radius 2 is 1.76 bits per heavy atom. The fourth-order valence-corrected chi connectivity index (χ4v) is 3.65. The van der Waals surface area contributed by atoms with Gasteiger partial charge >= 0.3 is 0 Å². The Kier molecular flexibility index (Phi) is 4.83. The molecule has 0 spiro atoms. The number of hydrogen-bond donors (Lipinski definition) is 2. The number of benzene rings is 1. The molecular weight excluding hydrogens is 335 g/mol. The molecule has 0 aliphatic rings. The Hall–Kier alpha value is -1.21. The maximum absolute atomic E-state index is 12.4. The molecule has 2 aromatic rings. The summed E-state index contributed by atoms with van der Waals surface area (Å²) in [5.41, 5.74) is 0.295. The lowest BCUT2D eigenvalue weighted by Crippen LogP contribution is -2.13. The molecule has 0 atom stereocenters. The lowest BCUT2D eigenvalue weighted by atomic mass is 10.3. The third-order valence-corrected chi connectivity index (χ3v) is 4.60. The summed E-state index contributed by atoms with van der Waals surface area (Å²) in [5.74, 6) is 0.861. The van der Waals surface area contributed by atoms with E-state index in [2.05, 4.69) is 10.0 Å². The van der Waals surface area contributed by atoms with Crippen LogP contribution in [0.3, 0.4) is 0 Å². The molecule has 114 valence electrons. The monoisotopic (exact) mass is 348 g/mol. The number of nitrogens with one attached hydrogen (secondary N) is 2. The maximum Gasteiger partial charge on any atom is 0.265 e. The van der Waals surface area contributed by atoms with Crippen LogP contribution in [0, 0.1) is 6.92 Å². The van der Waals surface area contributed by atoms with Crippen LogP contribution in [0.2, 0.25) is 10.0 Å². The minimum Gasteiger partial charge on any atom is -0.464 e. The molecule has 0 saturated heterocycles. The summed E-state index contributed by atoms with van der Waals surface area (Å²) in [6.45, 7) is 2.04. The van der Waals surface area contributed by atoms with E-state index in [1.54, 1.807) is 14.0 Å². The van der Waals surface area contributed by atoms with E-state index in [0.717, 1.165) is 0 Å². The van der Waals surface area contributed by atoms with Crippen molar-refractivity contribution >= 4 is 38.9 Å². The minimum atomic E-state index is -3.76. The molecular formula is C13H14Cl2N2O3S. The van der Waals surface area contributed by atoms with Crippen molar-refractivity contribution in [1.29, 1.82) is 0 Å². The van der Waals surface area contributed by atoms with Crippen molar-refractivity contribution in [2.45, 2.75) is 18.4 Å². The summed E-state index contributed by atoms with van der Waals surface area (Å²) in [4.78, 5) is 0.0869. The Labute approximate surface area is 133 Å². The molecule has 21 heavy (non-hydrogen) atoms. The topological polar surface area (TPSA) is 71.3 Å². The first-order chi connectivity index (χ1) is 9.81. The molecule has 0 saturated carbocycles. The van der Waals surface area contributed by atoms with Gasteiger partial charge in [0.05, 0.1) is 12.2 Å². The van der Waals surface area contributed by atoms with Gasteiger partial charge < -0.3 is 9.73 Å². The number of halogens is 2. The predicted molar refractivity (Wildman–Crippen MR) is 83.5 cm³/mol. The van der Waals surface area contributed by atoms with Crippen molar-refractivity contribution in [2.75, 3.05) is 11.8 Å².